The van der Waals surface area contributed by atoms with Crippen LogP contribution in [0.5, 0.6) is 0 Å². The number of benzene rings is 3. The Kier molecular flexibility index (Phi) is 5.05. The second kappa shape index (κ2) is 7.96. The lowest BCUT2D eigenvalue weighted by Gasteiger charge is -2.03. The molecule has 0 saturated carbocycles. The number of halogens is 1. The molecule has 0 bridgehead atoms. The van der Waals surface area contributed by atoms with E-state index in [1.807, 2.05) is 72.8 Å². The SMILES string of the molecule is N#Cc1c(/N=C/c2ccc(Cl)cc2)oc(-c2ccccc2)c1-c1ccccc1. The van der Waals surface area contributed by atoms with Gasteiger partial charge in [-0.05, 0) is 23.3 Å². The maximum absolute atomic E-state index is 9.85. The highest BCUT2D eigenvalue weighted by Crippen LogP contribution is 2.42. The number of rotatable bonds is 4. The Balaban J connectivity index is 1.87. The lowest BCUT2D eigenvalue weighted by Crippen LogP contribution is -1.83. The molecule has 3 nitrogen and oxygen atoms in total. The lowest BCUT2D eigenvalue weighted by molar-refractivity contribution is 0.593. The highest BCUT2D eigenvalue weighted by molar-refractivity contribution is 6.30. The average molecular weight is 383 g/mol. The summed E-state index contributed by atoms with van der Waals surface area (Å²) in [6, 6.07) is 29.1. The smallest absolute Gasteiger partial charge is 0.238 e. The third-order valence-corrected chi connectivity index (χ3v) is 4.55. The van der Waals surface area contributed by atoms with Gasteiger partial charge in [0.2, 0.25) is 5.88 Å². The van der Waals surface area contributed by atoms with Crippen LogP contribution in [0.1, 0.15) is 11.1 Å². The summed E-state index contributed by atoms with van der Waals surface area (Å²) >= 11 is 5.93. The molecular weight excluding hydrogens is 368 g/mol. The molecule has 0 aliphatic rings. The number of nitriles is 1. The summed E-state index contributed by atoms with van der Waals surface area (Å²) < 4.78 is 6.08. The molecule has 0 saturated heterocycles. The first-order valence-electron chi connectivity index (χ1n) is 8.73. The van der Waals surface area contributed by atoms with Crippen LogP contribution in [-0.4, -0.2) is 6.21 Å². The van der Waals surface area contributed by atoms with Gasteiger partial charge in [0.25, 0.3) is 0 Å². The van der Waals surface area contributed by atoms with Crippen LogP contribution in [0, 0.1) is 11.3 Å². The van der Waals surface area contributed by atoms with Gasteiger partial charge >= 0.3 is 0 Å². The molecule has 0 fully saturated rings. The molecule has 0 atom stereocenters. The summed E-state index contributed by atoms with van der Waals surface area (Å²) in [5, 5.41) is 10.5. The van der Waals surface area contributed by atoms with Crippen LogP contribution in [0.25, 0.3) is 22.5 Å². The average Bonchev–Trinajstić information content (AvgIpc) is 3.13. The van der Waals surface area contributed by atoms with E-state index in [1.54, 1.807) is 18.3 Å². The maximum Gasteiger partial charge on any atom is 0.238 e. The highest BCUT2D eigenvalue weighted by Gasteiger charge is 2.22. The van der Waals surface area contributed by atoms with Gasteiger partial charge < -0.3 is 4.42 Å². The van der Waals surface area contributed by atoms with E-state index >= 15 is 0 Å². The zero-order valence-corrected chi connectivity index (χ0v) is 15.6. The number of hydrogen-bond acceptors (Lipinski definition) is 3. The molecule has 0 radical (unpaired) electrons. The first kappa shape index (κ1) is 17.8. The Hall–Kier alpha value is -3.61. The molecule has 1 aromatic heterocycles. The quantitative estimate of drug-likeness (QED) is 0.361. The van der Waals surface area contributed by atoms with E-state index < -0.39 is 0 Å². The van der Waals surface area contributed by atoms with E-state index in [1.165, 1.54) is 0 Å². The zero-order chi connectivity index (χ0) is 19.3. The predicted octanol–water partition coefficient (Wildman–Crippen LogP) is 6.89. The molecule has 0 N–H and O–H groups in total. The summed E-state index contributed by atoms with van der Waals surface area (Å²) in [5.74, 6) is 0.918. The topological polar surface area (TPSA) is 49.3 Å². The van der Waals surface area contributed by atoms with Crippen LogP contribution in [0.3, 0.4) is 0 Å². The largest absolute Gasteiger partial charge is 0.436 e. The Morgan fingerprint density at radius 1 is 0.821 bits per heavy atom. The molecule has 4 rings (SSSR count). The summed E-state index contributed by atoms with van der Waals surface area (Å²) in [5.41, 5.74) is 3.83. The number of aliphatic imine (C=N–C) groups is 1. The van der Waals surface area contributed by atoms with Gasteiger partial charge in [0.05, 0.1) is 0 Å². The fraction of sp³-hybridized carbons (Fsp3) is 0. The van der Waals surface area contributed by atoms with Crippen LogP contribution in [0.2, 0.25) is 5.02 Å². The van der Waals surface area contributed by atoms with E-state index in [4.69, 9.17) is 16.0 Å². The van der Waals surface area contributed by atoms with E-state index in [0.29, 0.717) is 16.3 Å². The van der Waals surface area contributed by atoms with Crippen molar-refractivity contribution in [2.75, 3.05) is 0 Å². The summed E-state index contributed by atoms with van der Waals surface area (Å²) in [6.45, 7) is 0. The second-order valence-electron chi connectivity index (χ2n) is 6.14. The number of furan rings is 1. The molecule has 0 spiro atoms. The molecule has 28 heavy (non-hydrogen) atoms. The molecule has 4 heteroatoms. The molecule has 0 unspecified atom stereocenters. The highest BCUT2D eigenvalue weighted by atomic mass is 35.5. The maximum atomic E-state index is 9.85. The molecule has 3 aromatic carbocycles. The van der Waals surface area contributed by atoms with Crippen LogP contribution in [0.4, 0.5) is 5.88 Å². The van der Waals surface area contributed by atoms with Crippen LogP contribution < -0.4 is 0 Å². The molecular formula is C24H15ClN2O. The van der Waals surface area contributed by atoms with Gasteiger partial charge in [-0.3, -0.25) is 0 Å². The van der Waals surface area contributed by atoms with Gasteiger partial charge in [0.15, 0.2) is 0 Å². The monoisotopic (exact) mass is 382 g/mol. The molecule has 4 aromatic rings. The zero-order valence-electron chi connectivity index (χ0n) is 14.8. The minimum Gasteiger partial charge on any atom is -0.436 e. The fourth-order valence-electron chi connectivity index (χ4n) is 2.97. The van der Waals surface area contributed by atoms with E-state index in [9.17, 15) is 5.26 Å². The molecule has 0 amide bonds. The van der Waals surface area contributed by atoms with Gasteiger partial charge in [0, 0.05) is 22.4 Å². The number of nitrogens with zero attached hydrogens (tertiary/aromatic N) is 2. The molecule has 0 aliphatic heterocycles. The van der Waals surface area contributed by atoms with Crippen molar-refractivity contribution in [1.82, 2.24) is 0 Å². The van der Waals surface area contributed by atoms with E-state index in [0.717, 1.165) is 22.3 Å². The first-order chi connectivity index (χ1) is 13.8. The second-order valence-corrected chi connectivity index (χ2v) is 6.58. The summed E-state index contributed by atoms with van der Waals surface area (Å²) in [6.07, 6.45) is 1.67. The van der Waals surface area contributed by atoms with E-state index in [2.05, 4.69) is 11.1 Å². The molecule has 1 heterocycles. The minimum atomic E-state index is 0.287. The van der Waals surface area contributed by atoms with E-state index in [-0.39, 0.29) is 5.88 Å². The standard InChI is InChI=1S/C24H15ClN2O/c25-20-13-11-17(12-14-20)16-27-24-21(15-26)22(18-7-3-1-4-8-18)23(28-24)19-9-5-2-6-10-19/h1-14,16H/b27-16+. The minimum absolute atomic E-state index is 0.287. The van der Waals surface area contributed by atoms with Gasteiger partial charge in [-0.25, -0.2) is 4.99 Å². The van der Waals surface area contributed by atoms with Crippen molar-refractivity contribution in [1.29, 1.82) is 5.26 Å². The Morgan fingerprint density at radius 2 is 1.43 bits per heavy atom. The Bertz CT molecular complexity index is 1160. The van der Waals surface area contributed by atoms with Gasteiger partial charge in [-0.1, -0.05) is 84.4 Å². The Labute approximate surface area is 168 Å². The van der Waals surface area contributed by atoms with Crippen molar-refractivity contribution in [3.8, 4) is 28.5 Å². The third kappa shape index (κ3) is 3.59. The van der Waals surface area contributed by atoms with Crippen LogP contribution in [-0.2, 0) is 0 Å². The van der Waals surface area contributed by atoms with Gasteiger partial charge in [-0.15, -0.1) is 0 Å². The van der Waals surface area contributed by atoms with Crippen molar-refractivity contribution < 1.29 is 4.42 Å². The van der Waals surface area contributed by atoms with Crippen molar-refractivity contribution in [2.45, 2.75) is 0 Å². The van der Waals surface area contributed by atoms with Crippen molar-refractivity contribution in [3.63, 3.8) is 0 Å². The molecule has 134 valence electrons. The van der Waals surface area contributed by atoms with Crippen LogP contribution in [0.15, 0.2) is 94.3 Å². The first-order valence-corrected chi connectivity index (χ1v) is 9.11. The molecule has 0 aliphatic carbocycles. The van der Waals surface area contributed by atoms with Crippen molar-refractivity contribution >= 4 is 23.7 Å². The number of hydrogen-bond donors (Lipinski definition) is 0. The normalized spacial score (nSPS) is 10.9. The predicted molar refractivity (Wildman–Crippen MR) is 113 cm³/mol. The third-order valence-electron chi connectivity index (χ3n) is 4.30. The summed E-state index contributed by atoms with van der Waals surface area (Å²) in [4.78, 5) is 4.45. The van der Waals surface area contributed by atoms with Crippen molar-refractivity contribution in [3.05, 3.63) is 101 Å². The van der Waals surface area contributed by atoms with Gasteiger partial charge in [-0.2, -0.15) is 5.26 Å². The lowest BCUT2D eigenvalue weighted by atomic mass is 9.98. The van der Waals surface area contributed by atoms with Crippen molar-refractivity contribution in [2.24, 2.45) is 4.99 Å². The summed E-state index contributed by atoms with van der Waals surface area (Å²) in [7, 11) is 0. The van der Waals surface area contributed by atoms with Gasteiger partial charge in [0.1, 0.15) is 17.4 Å². The van der Waals surface area contributed by atoms with Crippen LogP contribution >= 0.6 is 11.6 Å². The Morgan fingerprint density at radius 3 is 2.04 bits per heavy atom. The fourth-order valence-corrected chi connectivity index (χ4v) is 3.09.